The molecule has 0 aliphatic rings. The van der Waals surface area contributed by atoms with Gasteiger partial charge in [0.2, 0.25) is 5.88 Å². The highest BCUT2D eigenvalue weighted by Crippen LogP contribution is 2.31. The molecular weight excluding hydrogens is 249 g/mol. The molecule has 0 amide bonds. The lowest BCUT2D eigenvalue weighted by molar-refractivity contribution is -0.137. The third-order valence-electron chi connectivity index (χ3n) is 2.19. The summed E-state index contributed by atoms with van der Waals surface area (Å²) in [4.78, 5) is 16.9. The lowest BCUT2D eigenvalue weighted by Crippen LogP contribution is -2.08. The van der Waals surface area contributed by atoms with E-state index in [0.717, 1.165) is 18.2 Å². The third kappa shape index (κ3) is 2.50. The summed E-state index contributed by atoms with van der Waals surface area (Å²) in [6.45, 7) is 0. The van der Waals surface area contributed by atoms with Gasteiger partial charge in [-0.3, -0.25) is 4.79 Å². The monoisotopic (exact) mass is 256 g/mol. The van der Waals surface area contributed by atoms with Gasteiger partial charge in [0, 0.05) is 5.56 Å². The molecule has 1 heterocycles. The van der Waals surface area contributed by atoms with Crippen molar-refractivity contribution in [3.05, 3.63) is 46.2 Å². The van der Waals surface area contributed by atoms with E-state index < -0.39 is 23.2 Å². The van der Waals surface area contributed by atoms with Crippen LogP contribution in [0.2, 0.25) is 0 Å². The summed E-state index contributed by atoms with van der Waals surface area (Å²) in [6.07, 6.45) is -4.48. The van der Waals surface area contributed by atoms with E-state index in [1.165, 1.54) is 12.1 Å². The van der Waals surface area contributed by atoms with E-state index in [2.05, 4.69) is 9.97 Å². The van der Waals surface area contributed by atoms with Crippen LogP contribution in [0.3, 0.4) is 0 Å². The number of H-pyrrole nitrogens is 1. The van der Waals surface area contributed by atoms with E-state index in [0.29, 0.717) is 0 Å². The summed E-state index contributed by atoms with van der Waals surface area (Å²) in [5, 5.41) is 9.13. The standard InChI is InChI=1S/C11H7F3N2O2/c12-11(13,14)7-3-1-2-6(4-7)10-15-8(17)5-9(18)16-10/h1-5H,(H2,15,16,17,18). The molecule has 0 aliphatic heterocycles. The Bertz CT molecular complexity index is 635. The number of aromatic hydroxyl groups is 1. The van der Waals surface area contributed by atoms with Crippen LogP contribution >= 0.6 is 0 Å². The maximum atomic E-state index is 12.5. The fourth-order valence-corrected chi connectivity index (χ4v) is 1.42. The highest BCUT2D eigenvalue weighted by molar-refractivity contribution is 5.56. The zero-order valence-electron chi connectivity index (χ0n) is 8.82. The first-order valence-electron chi connectivity index (χ1n) is 4.84. The van der Waals surface area contributed by atoms with E-state index in [1.54, 1.807) is 0 Å². The molecule has 0 aliphatic carbocycles. The average molecular weight is 256 g/mol. The van der Waals surface area contributed by atoms with Gasteiger partial charge in [0.15, 0.2) is 0 Å². The fraction of sp³-hybridized carbons (Fsp3) is 0.0909. The van der Waals surface area contributed by atoms with Crippen LogP contribution in [-0.2, 0) is 6.18 Å². The Morgan fingerprint density at radius 3 is 2.56 bits per heavy atom. The van der Waals surface area contributed by atoms with E-state index >= 15 is 0 Å². The van der Waals surface area contributed by atoms with Crippen LogP contribution in [0, 0.1) is 0 Å². The largest absolute Gasteiger partial charge is 0.493 e. The second-order valence-corrected chi connectivity index (χ2v) is 3.53. The molecule has 2 N–H and O–H groups in total. The van der Waals surface area contributed by atoms with Crippen molar-refractivity contribution in [2.75, 3.05) is 0 Å². The number of benzene rings is 1. The molecule has 0 unspecified atom stereocenters. The van der Waals surface area contributed by atoms with Crippen LogP contribution in [0.5, 0.6) is 5.88 Å². The first-order chi connectivity index (χ1) is 8.36. The Kier molecular flexibility index (Phi) is 2.82. The molecule has 0 bridgehead atoms. The maximum absolute atomic E-state index is 12.5. The normalized spacial score (nSPS) is 11.5. The molecule has 0 spiro atoms. The van der Waals surface area contributed by atoms with Crippen molar-refractivity contribution in [1.82, 2.24) is 9.97 Å². The SMILES string of the molecule is O=c1cc(O)nc(-c2cccc(C(F)(F)F)c2)[nH]1. The van der Waals surface area contributed by atoms with Crippen molar-refractivity contribution in [1.29, 1.82) is 0 Å². The van der Waals surface area contributed by atoms with E-state index in [9.17, 15) is 18.0 Å². The number of nitrogens with zero attached hydrogens (tertiary/aromatic N) is 1. The molecule has 0 fully saturated rings. The lowest BCUT2D eigenvalue weighted by Gasteiger charge is -2.08. The van der Waals surface area contributed by atoms with Crippen LogP contribution in [0.4, 0.5) is 13.2 Å². The number of hydrogen-bond acceptors (Lipinski definition) is 3. The number of aromatic nitrogens is 2. The van der Waals surface area contributed by atoms with Gasteiger partial charge in [-0.2, -0.15) is 18.2 Å². The molecule has 0 saturated heterocycles. The molecule has 18 heavy (non-hydrogen) atoms. The minimum absolute atomic E-state index is 0.0674. The minimum atomic E-state index is -4.48. The first-order valence-corrected chi connectivity index (χ1v) is 4.84. The van der Waals surface area contributed by atoms with Crippen molar-refractivity contribution in [3.63, 3.8) is 0 Å². The van der Waals surface area contributed by atoms with Crippen LogP contribution in [-0.4, -0.2) is 15.1 Å². The first kappa shape index (κ1) is 12.2. The molecule has 2 rings (SSSR count). The van der Waals surface area contributed by atoms with Gasteiger partial charge in [-0.1, -0.05) is 12.1 Å². The predicted octanol–water partition coefficient (Wildman–Crippen LogP) is 2.16. The minimum Gasteiger partial charge on any atom is -0.493 e. The Labute approximate surface area is 98.7 Å². The number of nitrogens with one attached hydrogen (secondary N) is 1. The molecule has 0 saturated carbocycles. The summed E-state index contributed by atoms with van der Waals surface area (Å²) in [5.74, 6) is -0.669. The van der Waals surface area contributed by atoms with E-state index in [4.69, 9.17) is 5.11 Å². The summed E-state index contributed by atoms with van der Waals surface area (Å²) >= 11 is 0. The van der Waals surface area contributed by atoms with Crippen LogP contribution in [0.15, 0.2) is 35.1 Å². The molecule has 4 nitrogen and oxygen atoms in total. The third-order valence-corrected chi connectivity index (χ3v) is 2.19. The van der Waals surface area contributed by atoms with E-state index in [1.807, 2.05) is 0 Å². The van der Waals surface area contributed by atoms with E-state index in [-0.39, 0.29) is 11.4 Å². The zero-order valence-corrected chi connectivity index (χ0v) is 8.82. The number of aromatic amines is 1. The summed E-state index contributed by atoms with van der Waals surface area (Å²) in [6, 6.07) is 5.13. The van der Waals surface area contributed by atoms with Crippen molar-refractivity contribution in [2.24, 2.45) is 0 Å². The Balaban J connectivity index is 2.54. The van der Waals surface area contributed by atoms with Crippen molar-refractivity contribution in [2.45, 2.75) is 6.18 Å². The Morgan fingerprint density at radius 2 is 1.94 bits per heavy atom. The fourth-order valence-electron chi connectivity index (χ4n) is 1.42. The van der Waals surface area contributed by atoms with Gasteiger partial charge in [-0.15, -0.1) is 0 Å². The molecule has 1 aromatic carbocycles. The summed E-state index contributed by atoms with van der Waals surface area (Å²) < 4.78 is 37.5. The van der Waals surface area contributed by atoms with Crippen LogP contribution in [0.25, 0.3) is 11.4 Å². The van der Waals surface area contributed by atoms with Crippen LogP contribution < -0.4 is 5.56 Å². The van der Waals surface area contributed by atoms with Crippen LogP contribution in [0.1, 0.15) is 5.56 Å². The highest BCUT2D eigenvalue weighted by atomic mass is 19.4. The topological polar surface area (TPSA) is 66.0 Å². The zero-order chi connectivity index (χ0) is 13.3. The summed E-state index contributed by atoms with van der Waals surface area (Å²) in [5.41, 5.74) is -1.43. The molecular formula is C11H7F3N2O2. The Morgan fingerprint density at radius 1 is 1.22 bits per heavy atom. The van der Waals surface area contributed by atoms with Gasteiger partial charge in [0.25, 0.3) is 5.56 Å². The van der Waals surface area contributed by atoms with Gasteiger partial charge in [0.1, 0.15) is 5.82 Å². The predicted molar refractivity (Wildman–Crippen MR) is 57.0 cm³/mol. The second-order valence-electron chi connectivity index (χ2n) is 3.53. The van der Waals surface area contributed by atoms with Gasteiger partial charge < -0.3 is 10.1 Å². The number of halogens is 3. The molecule has 94 valence electrons. The Hall–Kier alpha value is -2.31. The number of alkyl halides is 3. The maximum Gasteiger partial charge on any atom is 0.416 e. The quantitative estimate of drug-likeness (QED) is 0.821. The molecule has 0 radical (unpaired) electrons. The molecule has 7 heteroatoms. The van der Waals surface area contributed by atoms with Crippen molar-refractivity contribution >= 4 is 0 Å². The van der Waals surface area contributed by atoms with Gasteiger partial charge in [-0.25, -0.2) is 0 Å². The van der Waals surface area contributed by atoms with Gasteiger partial charge in [0.05, 0.1) is 11.6 Å². The summed E-state index contributed by atoms with van der Waals surface area (Å²) in [7, 11) is 0. The smallest absolute Gasteiger partial charge is 0.416 e. The number of rotatable bonds is 1. The lowest BCUT2D eigenvalue weighted by atomic mass is 10.1. The van der Waals surface area contributed by atoms with Gasteiger partial charge in [-0.05, 0) is 12.1 Å². The van der Waals surface area contributed by atoms with Gasteiger partial charge >= 0.3 is 6.18 Å². The highest BCUT2D eigenvalue weighted by Gasteiger charge is 2.30. The van der Waals surface area contributed by atoms with Crippen molar-refractivity contribution < 1.29 is 18.3 Å². The second kappa shape index (κ2) is 4.17. The molecule has 1 aromatic heterocycles. The molecule has 0 atom stereocenters. The number of hydrogen-bond donors (Lipinski definition) is 2. The average Bonchev–Trinajstić information content (AvgIpc) is 2.27. The van der Waals surface area contributed by atoms with Crippen molar-refractivity contribution in [3.8, 4) is 17.3 Å². The molecule has 2 aromatic rings.